The number of methoxy groups -OCH3 is 1. The van der Waals surface area contributed by atoms with Crippen molar-refractivity contribution >= 4 is 11.6 Å². The highest BCUT2D eigenvalue weighted by molar-refractivity contribution is 5.81. The molecule has 0 saturated heterocycles. The zero-order valence-corrected chi connectivity index (χ0v) is 12.7. The second-order valence-electron chi connectivity index (χ2n) is 6.03. The quantitative estimate of drug-likeness (QED) is 0.855. The van der Waals surface area contributed by atoms with Gasteiger partial charge in [-0.1, -0.05) is 6.07 Å². The largest absolute Gasteiger partial charge is 0.468 e. The molecule has 1 N–H and O–H groups in total. The Kier molecular flexibility index (Phi) is 3.45. The topological polar surface area (TPSA) is 55.6 Å². The van der Waals surface area contributed by atoms with Crippen LogP contribution in [0.1, 0.15) is 31.0 Å². The first-order valence-electron chi connectivity index (χ1n) is 7.30. The lowest BCUT2D eigenvalue weighted by Gasteiger charge is -2.27. The molecule has 0 spiro atoms. The number of rotatable bonds is 5. The summed E-state index contributed by atoms with van der Waals surface area (Å²) in [7, 11) is 1.44. The smallest absolute Gasteiger partial charge is 0.326 e. The van der Waals surface area contributed by atoms with Crippen LogP contribution < -0.4 is 5.32 Å². The Morgan fingerprint density at radius 1 is 1.48 bits per heavy atom. The van der Waals surface area contributed by atoms with Crippen LogP contribution in [0.2, 0.25) is 0 Å². The Balaban J connectivity index is 1.77. The number of hydrogen-bond acceptors (Lipinski definition) is 4. The third-order valence-electron chi connectivity index (χ3n) is 4.29. The van der Waals surface area contributed by atoms with E-state index in [0.29, 0.717) is 12.5 Å². The van der Waals surface area contributed by atoms with E-state index < -0.39 is 5.54 Å². The van der Waals surface area contributed by atoms with E-state index in [1.165, 1.54) is 12.7 Å². The maximum Gasteiger partial charge on any atom is 0.326 e. The first-order chi connectivity index (χ1) is 10.0. The predicted octanol–water partition coefficient (Wildman–Crippen LogP) is 2.07. The van der Waals surface area contributed by atoms with Crippen LogP contribution in [0.5, 0.6) is 0 Å². The van der Waals surface area contributed by atoms with Gasteiger partial charge in [0.1, 0.15) is 11.2 Å². The molecular formula is C16H21N3O2. The molecule has 1 aliphatic rings. The number of pyridine rings is 1. The van der Waals surface area contributed by atoms with E-state index in [-0.39, 0.29) is 5.97 Å². The van der Waals surface area contributed by atoms with E-state index >= 15 is 0 Å². The van der Waals surface area contributed by atoms with E-state index in [9.17, 15) is 4.79 Å². The van der Waals surface area contributed by atoms with Crippen molar-refractivity contribution in [3.05, 3.63) is 35.8 Å². The van der Waals surface area contributed by atoms with E-state index in [2.05, 4.69) is 17.2 Å². The average molecular weight is 287 g/mol. The van der Waals surface area contributed by atoms with Gasteiger partial charge in [0.15, 0.2) is 0 Å². The molecule has 1 fully saturated rings. The van der Waals surface area contributed by atoms with Crippen molar-refractivity contribution in [1.82, 2.24) is 14.7 Å². The van der Waals surface area contributed by atoms with Crippen LogP contribution in [0, 0.1) is 12.8 Å². The highest BCUT2D eigenvalue weighted by Gasteiger charge is 2.47. The van der Waals surface area contributed by atoms with Crippen LogP contribution in [0.25, 0.3) is 5.65 Å². The molecule has 0 radical (unpaired) electrons. The lowest BCUT2D eigenvalue weighted by atomic mass is 9.96. The molecule has 1 atom stereocenters. The summed E-state index contributed by atoms with van der Waals surface area (Å²) >= 11 is 0. The van der Waals surface area contributed by atoms with Crippen molar-refractivity contribution in [2.24, 2.45) is 5.92 Å². The highest BCUT2D eigenvalue weighted by Crippen LogP contribution is 2.40. The van der Waals surface area contributed by atoms with Crippen molar-refractivity contribution in [1.29, 1.82) is 0 Å². The molecule has 112 valence electrons. The Morgan fingerprint density at radius 3 is 2.90 bits per heavy atom. The number of carbonyl (C=O) groups is 1. The second-order valence-corrected chi connectivity index (χ2v) is 6.03. The van der Waals surface area contributed by atoms with Gasteiger partial charge in [-0.25, -0.2) is 4.98 Å². The molecule has 1 aliphatic carbocycles. The van der Waals surface area contributed by atoms with Gasteiger partial charge in [0.2, 0.25) is 0 Å². The summed E-state index contributed by atoms with van der Waals surface area (Å²) in [5.74, 6) is 0.175. The van der Waals surface area contributed by atoms with Crippen molar-refractivity contribution in [3.8, 4) is 0 Å². The summed E-state index contributed by atoms with van der Waals surface area (Å²) in [4.78, 5) is 16.6. The third kappa shape index (κ3) is 2.65. The third-order valence-corrected chi connectivity index (χ3v) is 4.29. The van der Waals surface area contributed by atoms with E-state index in [1.807, 2.05) is 35.9 Å². The first-order valence-corrected chi connectivity index (χ1v) is 7.30. The molecule has 1 unspecified atom stereocenters. The van der Waals surface area contributed by atoms with Crippen LogP contribution in [-0.4, -0.2) is 28.0 Å². The van der Waals surface area contributed by atoms with Crippen molar-refractivity contribution in [2.45, 2.75) is 38.8 Å². The summed E-state index contributed by atoms with van der Waals surface area (Å²) in [6, 6.07) is 4.04. The normalized spacial score (nSPS) is 17.7. The van der Waals surface area contributed by atoms with Gasteiger partial charge >= 0.3 is 5.97 Å². The zero-order valence-electron chi connectivity index (χ0n) is 12.7. The minimum atomic E-state index is -0.611. The molecule has 0 aromatic carbocycles. The lowest BCUT2D eigenvalue weighted by Crippen LogP contribution is -2.51. The summed E-state index contributed by atoms with van der Waals surface area (Å²) in [6.07, 6.45) is 6.19. The van der Waals surface area contributed by atoms with Crippen molar-refractivity contribution in [2.75, 3.05) is 7.11 Å². The maximum absolute atomic E-state index is 12.0. The zero-order chi connectivity index (χ0) is 15.0. The number of hydrogen-bond donors (Lipinski definition) is 1. The van der Waals surface area contributed by atoms with Gasteiger partial charge in [0, 0.05) is 18.9 Å². The monoisotopic (exact) mass is 287 g/mol. The van der Waals surface area contributed by atoms with Crippen LogP contribution >= 0.6 is 0 Å². The number of nitrogens with zero attached hydrogens (tertiary/aromatic N) is 2. The number of esters is 1. The molecule has 2 heterocycles. The first kappa shape index (κ1) is 14.1. The molecule has 5 heteroatoms. The van der Waals surface area contributed by atoms with E-state index in [0.717, 1.165) is 24.2 Å². The number of ether oxygens (including phenoxy) is 1. The molecule has 5 nitrogen and oxygen atoms in total. The summed E-state index contributed by atoms with van der Waals surface area (Å²) in [5.41, 5.74) is 2.43. The minimum absolute atomic E-state index is 0.190. The Labute approximate surface area is 124 Å². The standard InChI is InChI=1S/C16H21N3O2/c1-11-4-7-14-18-13(10-19(14)9-11)8-17-16(2,12-5-6-12)15(20)21-3/h4,7,9-10,12,17H,5-6,8H2,1-3H3. The molecule has 0 bridgehead atoms. The van der Waals surface area contributed by atoms with Crippen molar-refractivity contribution in [3.63, 3.8) is 0 Å². The van der Waals surface area contributed by atoms with Crippen LogP contribution in [-0.2, 0) is 16.1 Å². The molecule has 1 saturated carbocycles. The second kappa shape index (κ2) is 5.15. The van der Waals surface area contributed by atoms with Gasteiger partial charge in [0.05, 0.1) is 12.8 Å². The van der Waals surface area contributed by atoms with Gasteiger partial charge in [-0.2, -0.15) is 0 Å². The lowest BCUT2D eigenvalue weighted by molar-refractivity contribution is -0.149. The maximum atomic E-state index is 12.0. The Bertz CT molecular complexity index is 675. The summed E-state index contributed by atoms with van der Waals surface area (Å²) < 4.78 is 6.97. The van der Waals surface area contributed by atoms with Crippen LogP contribution in [0.15, 0.2) is 24.5 Å². The van der Waals surface area contributed by atoms with Crippen molar-refractivity contribution < 1.29 is 9.53 Å². The number of carbonyl (C=O) groups excluding carboxylic acids is 1. The Hall–Kier alpha value is -1.88. The molecule has 21 heavy (non-hydrogen) atoms. The number of nitrogens with one attached hydrogen (secondary N) is 1. The summed E-state index contributed by atoms with van der Waals surface area (Å²) in [6.45, 7) is 4.54. The number of imidazole rings is 1. The van der Waals surface area contributed by atoms with Gasteiger partial charge in [0.25, 0.3) is 0 Å². The fourth-order valence-corrected chi connectivity index (χ4v) is 2.77. The highest BCUT2D eigenvalue weighted by atomic mass is 16.5. The number of aromatic nitrogens is 2. The van der Waals surface area contributed by atoms with Gasteiger partial charge in [-0.15, -0.1) is 0 Å². The molecule has 2 aromatic heterocycles. The summed E-state index contributed by atoms with van der Waals surface area (Å²) in [5, 5.41) is 3.35. The molecule has 0 aliphatic heterocycles. The molecule has 0 amide bonds. The predicted molar refractivity (Wildman–Crippen MR) is 79.9 cm³/mol. The van der Waals surface area contributed by atoms with Gasteiger partial charge in [-0.05, 0) is 44.2 Å². The molecule has 2 aromatic rings. The Morgan fingerprint density at radius 2 is 2.24 bits per heavy atom. The fraction of sp³-hybridized carbons (Fsp3) is 0.500. The minimum Gasteiger partial charge on any atom is -0.468 e. The fourth-order valence-electron chi connectivity index (χ4n) is 2.77. The molecule has 3 rings (SSSR count). The van der Waals surface area contributed by atoms with Gasteiger partial charge in [-0.3, -0.25) is 10.1 Å². The molecular weight excluding hydrogens is 266 g/mol. The number of aryl methyl sites for hydroxylation is 1. The van der Waals surface area contributed by atoms with Crippen LogP contribution in [0.4, 0.5) is 0 Å². The van der Waals surface area contributed by atoms with E-state index in [1.54, 1.807) is 0 Å². The SMILES string of the molecule is COC(=O)C(C)(NCc1cn2cc(C)ccc2n1)C1CC1. The number of fused-ring (bicyclic) bond motifs is 1. The van der Waals surface area contributed by atoms with Gasteiger partial charge < -0.3 is 9.14 Å². The van der Waals surface area contributed by atoms with Crippen LogP contribution in [0.3, 0.4) is 0 Å². The van der Waals surface area contributed by atoms with E-state index in [4.69, 9.17) is 4.74 Å². The average Bonchev–Trinajstić information content (AvgIpc) is 3.25.